The van der Waals surface area contributed by atoms with Crippen molar-refractivity contribution in [3.8, 4) is 10.6 Å². The molecular formula is C15H24N4S. The second-order valence-electron chi connectivity index (χ2n) is 5.16. The average Bonchev–Trinajstić information content (AvgIpc) is 3.12. The largest absolute Gasteiger partial charge is 0.311 e. The van der Waals surface area contributed by atoms with E-state index in [1.165, 1.54) is 16.9 Å². The second-order valence-corrected chi connectivity index (χ2v) is 6.11. The fraction of sp³-hybridized carbons (Fsp3) is 0.533. The van der Waals surface area contributed by atoms with E-state index in [-0.39, 0.29) is 0 Å². The Hall–Kier alpha value is -1.17. The first-order valence-corrected chi connectivity index (χ1v) is 8.07. The number of likely N-dealkylation sites (N-methyl/N-ethyl adjacent to an activating group) is 1. The Labute approximate surface area is 125 Å². The molecule has 0 saturated carbocycles. The third-order valence-corrected chi connectivity index (χ3v) is 4.67. The third kappa shape index (κ3) is 3.91. The van der Waals surface area contributed by atoms with E-state index < -0.39 is 0 Å². The van der Waals surface area contributed by atoms with E-state index in [1.54, 1.807) is 11.3 Å². The van der Waals surface area contributed by atoms with Crippen molar-refractivity contribution in [1.82, 2.24) is 20.4 Å². The van der Waals surface area contributed by atoms with E-state index in [9.17, 15) is 0 Å². The lowest BCUT2D eigenvalue weighted by molar-refractivity contribution is 0.252. The van der Waals surface area contributed by atoms with Gasteiger partial charge >= 0.3 is 0 Å². The molecule has 0 amide bonds. The monoisotopic (exact) mass is 292 g/mol. The SMILES string of the molecule is CCC(C)N(C)CCNCc1cn[nH]c1-c1cccs1. The summed E-state index contributed by atoms with van der Waals surface area (Å²) >= 11 is 1.74. The summed E-state index contributed by atoms with van der Waals surface area (Å²) in [5.41, 5.74) is 2.38. The molecule has 2 N–H and O–H groups in total. The number of nitrogens with zero attached hydrogens (tertiary/aromatic N) is 2. The zero-order valence-corrected chi connectivity index (χ0v) is 13.3. The highest BCUT2D eigenvalue weighted by atomic mass is 32.1. The highest BCUT2D eigenvalue weighted by Crippen LogP contribution is 2.25. The summed E-state index contributed by atoms with van der Waals surface area (Å²) in [5, 5.41) is 12.9. The van der Waals surface area contributed by atoms with Crippen molar-refractivity contribution in [1.29, 1.82) is 0 Å². The lowest BCUT2D eigenvalue weighted by atomic mass is 10.2. The summed E-state index contributed by atoms with van der Waals surface area (Å²) in [6, 6.07) is 4.84. The minimum absolute atomic E-state index is 0.646. The molecule has 2 heterocycles. The fourth-order valence-electron chi connectivity index (χ4n) is 2.09. The van der Waals surface area contributed by atoms with Gasteiger partial charge in [-0.1, -0.05) is 13.0 Å². The standard InChI is InChI=1S/C15H24N4S/c1-4-12(2)19(3)8-7-16-10-13-11-17-18-15(13)14-6-5-9-20-14/h5-6,9,11-12,16H,4,7-8,10H2,1-3H3,(H,17,18). The summed E-state index contributed by atoms with van der Waals surface area (Å²) in [5.74, 6) is 0. The molecule has 1 atom stereocenters. The van der Waals surface area contributed by atoms with Crippen molar-refractivity contribution in [2.24, 2.45) is 0 Å². The number of nitrogens with one attached hydrogen (secondary N) is 2. The zero-order valence-electron chi connectivity index (χ0n) is 12.5. The van der Waals surface area contributed by atoms with Crippen LogP contribution in [-0.4, -0.2) is 41.3 Å². The van der Waals surface area contributed by atoms with Crippen LogP contribution in [0.1, 0.15) is 25.8 Å². The molecular weight excluding hydrogens is 268 g/mol. The van der Waals surface area contributed by atoms with Gasteiger partial charge in [0.1, 0.15) is 0 Å². The van der Waals surface area contributed by atoms with Crippen molar-refractivity contribution < 1.29 is 0 Å². The van der Waals surface area contributed by atoms with E-state index in [2.05, 4.69) is 58.8 Å². The molecule has 0 aliphatic carbocycles. The first-order valence-electron chi connectivity index (χ1n) is 7.19. The Morgan fingerprint density at radius 2 is 2.35 bits per heavy atom. The molecule has 2 aromatic rings. The number of H-pyrrole nitrogens is 1. The van der Waals surface area contributed by atoms with Crippen molar-refractivity contribution in [2.75, 3.05) is 20.1 Å². The van der Waals surface area contributed by atoms with Gasteiger partial charge in [0.05, 0.1) is 16.8 Å². The van der Waals surface area contributed by atoms with Gasteiger partial charge in [0.25, 0.3) is 0 Å². The van der Waals surface area contributed by atoms with Gasteiger partial charge in [-0.2, -0.15) is 5.10 Å². The van der Waals surface area contributed by atoms with Crippen LogP contribution in [-0.2, 0) is 6.54 Å². The van der Waals surface area contributed by atoms with Gasteiger partial charge in [0.2, 0.25) is 0 Å². The number of thiophene rings is 1. The quantitative estimate of drug-likeness (QED) is 0.735. The number of aromatic nitrogens is 2. The molecule has 4 nitrogen and oxygen atoms in total. The maximum absolute atomic E-state index is 4.16. The Bertz CT molecular complexity index is 492. The van der Waals surface area contributed by atoms with Crippen LogP contribution >= 0.6 is 11.3 Å². The molecule has 0 saturated heterocycles. The van der Waals surface area contributed by atoms with E-state index >= 15 is 0 Å². The fourth-order valence-corrected chi connectivity index (χ4v) is 2.85. The van der Waals surface area contributed by atoms with Crippen LogP contribution in [0.2, 0.25) is 0 Å². The van der Waals surface area contributed by atoms with Gasteiger partial charge in [0, 0.05) is 31.2 Å². The number of aromatic amines is 1. The topological polar surface area (TPSA) is 44.0 Å². The van der Waals surface area contributed by atoms with Crippen molar-refractivity contribution >= 4 is 11.3 Å². The lowest BCUT2D eigenvalue weighted by Crippen LogP contribution is -2.34. The zero-order chi connectivity index (χ0) is 14.4. The summed E-state index contributed by atoms with van der Waals surface area (Å²) in [4.78, 5) is 3.64. The van der Waals surface area contributed by atoms with Crippen molar-refractivity contribution in [3.05, 3.63) is 29.3 Å². The number of hydrogen-bond donors (Lipinski definition) is 2. The highest BCUT2D eigenvalue weighted by Gasteiger charge is 2.09. The Morgan fingerprint density at radius 3 is 3.05 bits per heavy atom. The van der Waals surface area contributed by atoms with E-state index in [1.807, 2.05) is 6.20 Å². The minimum Gasteiger partial charge on any atom is -0.311 e. The molecule has 0 aliphatic heterocycles. The Balaban J connectivity index is 1.79. The molecule has 2 rings (SSSR count). The molecule has 20 heavy (non-hydrogen) atoms. The van der Waals surface area contributed by atoms with E-state index in [4.69, 9.17) is 0 Å². The van der Waals surface area contributed by atoms with E-state index in [0.29, 0.717) is 6.04 Å². The van der Waals surface area contributed by atoms with Gasteiger partial charge < -0.3 is 10.2 Å². The predicted molar refractivity (Wildman–Crippen MR) is 86.0 cm³/mol. The molecule has 0 aliphatic rings. The van der Waals surface area contributed by atoms with Gasteiger partial charge in [-0.3, -0.25) is 5.10 Å². The van der Waals surface area contributed by atoms with Crippen LogP contribution in [0.15, 0.2) is 23.7 Å². The van der Waals surface area contributed by atoms with Gasteiger partial charge in [-0.25, -0.2) is 0 Å². The summed E-state index contributed by atoms with van der Waals surface area (Å²) in [7, 11) is 2.19. The molecule has 2 aromatic heterocycles. The average molecular weight is 292 g/mol. The number of rotatable bonds is 8. The molecule has 0 radical (unpaired) electrons. The van der Waals surface area contributed by atoms with Crippen molar-refractivity contribution in [2.45, 2.75) is 32.9 Å². The first-order chi connectivity index (χ1) is 9.72. The normalized spacial score (nSPS) is 13.0. The smallest absolute Gasteiger partial charge is 0.0794 e. The summed E-state index contributed by atoms with van der Waals surface area (Å²) in [6.07, 6.45) is 3.11. The predicted octanol–water partition coefficient (Wildman–Crippen LogP) is 2.96. The van der Waals surface area contributed by atoms with Crippen LogP contribution in [0.4, 0.5) is 0 Å². The summed E-state index contributed by atoms with van der Waals surface area (Å²) < 4.78 is 0. The van der Waals surface area contributed by atoms with Crippen LogP contribution in [0.3, 0.4) is 0 Å². The van der Waals surface area contributed by atoms with Crippen molar-refractivity contribution in [3.63, 3.8) is 0 Å². The lowest BCUT2D eigenvalue weighted by Gasteiger charge is -2.23. The molecule has 0 fully saturated rings. The Kier molecular flexibility index (Phi) is 5.76. The molecule has 0 aromatic carbocycles. The molecule has 5 heteroatoms. The molecule has 0 bridgehead atoms. The highest BCUT2D eigenvalue weighted by molar-refractivity contribution is 7.13. The van der Waals surface area contributed by atoms with Gasteiger partial charge in [0.15, 0.2) is 0 Å². The van der Waals surface area contributed by atoms with Crippen LogP contribution < -0.4 is 5.32 Å². The first kappa shape index (κ1) is 15.2. The van der Waals surface area contributed by atoms with E-state index in [0.717, 1.165) is 25.3 Å². The minimum atomic E-state index is 0.646. The Morgan fingerprint density at radius 1 is 1.50 bits per heavy atom. The van der Waals surface area contributed by atoms with Gasteiger partial charge in [-0.15, -0.1) is 11.3 Å². The summed E-state index contributed by atoms with van der Waals surface area (Å²) in [6.45, 7) is 7.42. The molecule has 110 valence electrons. The van der Waals surface area contributed by atoms with Crippen LogP contribution in [0, 0.1) is 0 Å². The second kappa shape index (κ2) is 7.57. The third-order valence-electron chi connectivity index (χ3n) is 3.79. The van der Waals surface area contributed by atoms with Crippen LogP contribution in [0.25, 0.3) is 10.6 Å². The van der Waals surface area contributed by atoms with Gasteiger partial charge in [-0.05, 0) is 31.8 Å². The maximum atomic E-state index is 4.16. The molecule has 0 spiro atoms. The van der Waals surface area contributed by atoms with Crippen LogP contribution in [0.5, 0.6) is 0 Å². The number of hydrogen-bond acceptors (Lipinski definition) is 4. The molecule has 1 unspecified atom stereocenters. The maximum Gasteiger partial charge on any atom is 0.0794 e.